The number of benzene rings is 2. The molecule has 0 saturated heterocycles. The molecule has 1 aromatic heterocycles. The van der Waals surface area contributed by atoms with Crippen LogP contribution in [0.2, 0.25) is 0 Å². The molecular weight excluding hydrogens is 346 g/mol. The Morgan fingerprint density at radius 2 is 1.77 bits per heavy atom. The molecule has 0 spiro atoms. The maximum absolute atomic E-state index is 11.0. The van der Waals surface area contributed by atoms with Gasteiger partial charge in [-0.2, -0.15) is 0 Å². The number of carboxylic acid groups (broad SMARTS) is 1. The average molecular weight is 366 g/mol. The molecule has 0 aliphatic heterocycles. The van der Waals surface area contributed by atoms with Gasteiger partial charge >= 0.3 is 0 Å². The lowest BCUT2D eigenvalue weighted by atomic mass is 10.0. The van der Waals surface area contributed by atoms with Crippen molar-refractivity contribution in [3.05, 3.63) is 70.2 Å². The van der Waals surface area contributed by atoms with Crippen LogP contribution in [0.15, 0.2) is 48.5 Å². The summed E-state index contributed by atoms with van der Waals surface area (Å²) in [6, 6.07) is 15.9. The maximum atomic E-state index is 11.0. The summed E-state index contributed by atoms with van der Waals surface area (Å²) in [5, 5.41) is 11.7. The highest BCUT2D eigenvalue weighted by Gasteiger charge is 2.10. The molecule has 0 unspecified atom stereocenters. The van der Waals surface area contributed by atoms with E-state index in [-0.39, 0.29) is 4.88 Å². The van der Waals surface area contributed by atoms with Crippen molar-refractivity contribution < 1.29 is 14.6 Å². The number of hydrogen-bond acceptors (Lipinski definition) is 5. The largest absolute Gasteiger partial charge is 0.544 e. The van der Waals surface area contributed by atoms with Gasteiger partial charge < -0.3 is 14.6 Å². The number of carbonyl (C=O) groups excluding carboxylic acids is 1. The molecule has 26 heavy (non-hydrogen) atoms. The molecule has 0 bridgehead atoms. The highest BCUT2D eigenvalue weighted by Crippen LogP contribution is 2.28. The highest BCUT2D eigenvalue weighted by atomic mass is 32.1. The summed E-state index contributed by atoms with van der Waals surface area (Å²) in [5.41, 5.74) is 3.70. The highest BCUT2D eigenvalue weighted by molar-refractivity contribution is 7.17. The summed E-state index contributed by atoms with van der Waals surface area (Å²) < 4.78 is 5.83. The summed E-state index contributed by atoms with van der Waals surface area (Å²) in [5.74, 6) is 0.163. The second-order valence-electron chi connectivity index (χ2n) is 6.43. The van der Waals surface area contributed by atoms with Crippen LogP contribution in [0.4, 0.5) is 0 Å². The first-order valence-corrected chi connectivity index (χ1v) is 9.26. The lowest BCUT2D eigenvalue weighted by Crippen LogP contribution is -2.21. The molecule has 1 heterocycles. The molecule has 0 fully saturated rings. The summed E-state index contributed by atoms with van der Waals surface area (Å²) >= 11 is 1.14. The van der Waals surface area contributed by atoms with Gasteiger partial charge in [0.2, 0.25) is 0 Å². The third-order valence-corrected chi connectivity index (χ3v) is 5.32. The summed E-state index contributed by atoms with van der Waals surface area (Å²) in [6.45, 7) is 6.48. The average Bonchev–Trinajstić information content (AvgIpc) is 3.03. The van der Waals surface area contributed by atoms with E-state index in [2.05, 4.69) is 31.0 Å². The SMILES string of the molecule is Cc1nc(-c2ccc(COc3ccc(C(C)C)cc3)cc2)sc1C(=O)[O-]. The fraction of sp³-hybridized carbons (Fsp3) is 0.238. The minimum Gasteiger partial charge on any atom is -0.544 e. The predicted molar refractivity (Wildman–Crippen MR) is 101 cm³/mol. The second-order valence-corrected chi connectivity index (χ2v) is 7.43. The van der Waals surface area contributed by atoms with Crippen LogP contribution in [0, 0.1) is 6.92 Å². The Balaban J connectivity index is 1.66. The number of carboxylic acids is 1. The van der Waals surface area contributed by atoms with Gasteiger partial charge in [0.1, 0.15) is 17.4 Å². The van der Waals surface area contributed by atoms with Gasteiger partial charge in [0.25, 0.3) is 0 Å². The van der Waals surface area contributed by atoms with E-state index in [9.17, 15) is 9.90 Å². The van der Waals surface area contributed by atoms with Crippen LogP contribution in [0.3, 0.4) is 0 Å². The fourth-order valence-corrected chi connectivity index (χ4v) is 3.47. The number of ether oxygens (including phenoxy) is 1. The van der Waals surface area contributed by atoms with Gasteiger partial charge in [0.05, 0.1) is 16.5 Å². The molecule has 2 aromatic carbocycles. The van der Waals surface area contributed by atoms with Crippen molar-refractivity contribution in [3.63, 3.8) is 0 Å². The van der Waals surface area contributed by atoms with Gasteiger partial charge in [0.15, 0.2) is 0 Å². The minimum absolute atomic E-state index is 0.178. The second kappa shape index (κ2) is 7.70. The molecule has 0 N–H and O–H groups in total. The van der Waals surface area contributed by atoms with Gasteiger partial charge in [-0.3, -0.25) is 0 Å². The van der Waals surface area contributed by atoms with Crippen LogP contribution in [-0.2, 0) is 6.61 Å². The van der Waals surface area contributed by atoms with Gasteiger partial charge in [0, 0.05) is 5.56 Å². The minimum atomic E-state index is -1.18. The number of thiazole rings is 1. The summed E-state index contributed by atoms with van der Waals surface area (Å²) in [6.07, 6.45) is 0. The Morgan fingerprint density at radius 3 is 2.31 bits per heavy atom. The number of aromatic carboxylic acids is 1. The van der Waals surface area contributed by atoms with Crippen molar-refractivity contribution in [3.8, 4) is 16.3 Å². The van der Waals surface area contributed by atoms with Crippen molar-refractivity contribution in [2.45, 2.75) is 33.3 Å². The van der Waals surface area contributed by atoms with E-state index in [4.69, 9.17) is 4.74 Å². The smallest absolute Gasteiger partial charge is 0.124 e. The monoisotopic (exact) mass is 366 g/mol. The van der Waals surface area contributed by atoms with Crippen molar-refractivity contribution in [2.24, 2.45) is 0 Å². The van der Waals surface area contributed by atoms with Crippen LogP contribution in [0.5, 0.6) is 5.75 Å². The Kier molecular flexibility index (Phi) is 5.38. The third-order valence-electron chi connectivity index (χ3n) is 4.14. The standard InChI is InChI=1S/C21H21NO3S/c1-13(2)16-8-10-18(11-9-16)25-12-15-4-6-17(7-5-15)20-22-14(3)19(26-20)21(23)24/h4-11,13H,12H2,1-3H3,(H,23,24)/p-1. The first kappa shape index (κ1) is 18.1. The van der Waals surface area contributed by atoms with Crippen LogP contribution in [0.1, 0.15) is 46.3 Å². The van der Waals surface area contributed by atoms with Crippen LogP contribution >= 0.6 is 11.3 Å². The molecule has 0 atom stereocenters. The number of carbonyl (C=O) groups is 1. The Hall–Kier alpha value is -2.66. The number of rotatable bonds is 6. The molecule has 0 saturated carbocycles. The number of nitrogens with zero attached hydrogens (tertiary/aromatic N) is 1. The summed E-state index contributed by atoms with van der Waals surface area (Å²) in [7, 11) is 0. The molecular formula is C21H20NO3S-. The molecule has 0 aliphatic rings. The molecule has 3 rings (SSSR count). The first-order chi connectivity index (χ1) is 12.4. The van der Waals surface area contributed by atoms with Gasteiger partial charge in [-0.15, -0.1) is 11.3 Å². The topological polar surface area (TPSA) is 62.2 Å². The number of aromatic nitrogens is 1. The molecule has 5 heteroatoms. The third kappa shape index (κ3) is 4.11. The van der Waals surface area contributed by atoms with Crippen molar-refractivity contribution in [1.82, 2.24) is 4.98 Å². The van der Waals surface area contributed by atoms with Crippen molar-refractivity contribution >= 4 is 17.3 Å². The molecule has 0 amide bonds. The first-order valence-electron chi connectivity index (χ1n) is 8.45. The molecule has 3 aromatic rings. The number of hydrogen-bond donors (Lipinski definition) is 0. The van der Waals surface area contributed by atoms with E-state index >= 15 is 0 Å². The Labute approximate surface area is 157 Å². The van der Waals surface area contributed by atoms with E-state index in [0.29, 0.717) is 23.2 Å². The molecule has 4 nitrogen and oxygen atoms in total. The van der Waals surface area contributed by atoms with Crippen molar-refractivity contribution in [1.29, 1.82) is 0 Å². The number of aryl methyl sites for hydroxylation is 1. The molecule has 0 radical (unpaired) electrons. The van der Waals surface area contributed by atoms with E-state index < -0.39 is 5.97 Å². The molecule has 134 valence electrons. The predicted octanol–water partition coefficient (Wildman–Crippen LogP) is 4.18. The maximum Gasteiger partial charge on any atom is 0.124 e. The molecule has 0 aliphatic carbocycles. The van der Waals surface area contributed by atoms with Crippen LogP contribution in [0.25, 0.3) is 10.6 Å². The fourth-order valence-electron chi connectivity index (χ4n) is 2.57. The van der Waals surface area contributed by atoms with Gasteiger partial charge in [-0.25, -0.2) is 4.98 Å². The lowest BCUT2D eigenvalue weighted by molar-refractivity contribution is -0.254. The summed E-state index contributed by atoms with van der Waals surface area (Å²) in [4.78, 5) is 15.5. The Morgan fingerprint density at radius 1 is 1.12 bits per heavy atom. The normalized spacial score (nSPS) is 10.9. The van der Waals surface area contributed by atoms with E-state index in [1.54, 1.807) is 6.92 Å². The van der Waals surface area contributed by atoms with Crippen LogP contribution in [-0.4, -0.2) is 11.0 Å². The zero-order valence-corrected chi connectivity index (χ0v) is 15.8. The lowest BCUT2D eigenvalue weighted by Gasteiger charge is -2.09. The van der Waals surface area contributed by atoms with E-state index in [0.717, 1.165) is 28.2 Å². The van der Waals surface area contributed by atoms with Gasteiger partial charge in [-0.1, -0.05) is 50.2 Å². The van der Waals surface area contributed by atoms with Crippen LogP contribution < -0.4 is 9.84 Å². The van der Waals surface area contributed by atoms with Gasteiger partial charge in [-0.05, 0) is 36.1 Å². The zero-order valence-electron chi connectivity index (χ0n) is 15.0. The quantitative estimate of drug-likeness (QED) is 0.656. The zero-order chi connectivity index (χ0) is 18.7. The Bertz CT molecular complexity index is 896. The van der Waals surface area contributed by atoms with Crippen molar-refractivity contribution in [2.75, 3.05) is 0 Å². The van der Waals surface area contributed by atoms with E-state index in [1.165, 1.54) is 5.56 Å². The van der Waals surface area contributed by atoms with E-state index in [1.807, 2.05) is 36.4 Å².